The van der Waals surface area contributed by atoms with Gasteiger partial charge in [-0.05, 0) is 26.2 Å². The maximum absolute atomic E-state index is 10.5. The molecular formula is C9H16O. The minimum Gasteiger partial charge on any atom is -0.300 e. The van der Waals surface area contributed by atoms with E-state index in [9.17, 15) is 4.79 Å². The van der Waals surface area contributed by atoms with Crippen molar-refractivity contribution in [3.63, 3.8) is 0 Å². The van der Waals surface area contributed by atoms with E-state index in [0.29, 0.717) is 5.78 Å². The van der Waals surface area contributed by atoms with Crippen LogP contribution in [0.4, 0.5) is 0 Å². The van der Waals surface area contributed by atoms with Crippen LogP contribution in [0.25, 0.3) is 0 Å². The number of hydrogen-bond donors (Lipinski definition) is 0. The topological polar surface area (TPSA) is 17.1 Å². The largest absolute Gasteiger partial charge is 0.300 e. The lowest BCUT2D eigenvalue weighted by molar-refractivity contribution is -0.117. The van der Waals surface area contributed by atoms with E-state index in [-0.39, 0.29) is 0 Å². The second kappa shape index (κ2) is 6.53. The number of carbonyl (C=O) groups excluding carboxylic acids is 1. The molecule has 0 aliphatic heterocycles. The Hall–Kier alpha value is -0.590. The summed E-state index contributed by atoms with van der Waals surface area (Å²) in [6.07, 6.45) is 8.16. The Morgan fingerprint density at radius 2 is 2.10 bits per heavy atom. The molecule has 10 heavy (non-hydrogen) atoms. The van der Waals surface area contributed by atoms with Crippen LogP contribution in [-0.4, -0.2) is 5.78 Å². The van der Waals surface area contributed by atoms with Crippen molar-refractivity contribution in [2.75, 3.05) is 0 Å². The smallest absolute Gasteiger partial charge is 0.129 e. The number of unbranched alkanes of at least 4 members (excludes halogenated alkanes) is 1. The molecule has 0 aliphatic carbocycles. The highest BCUT2D eigenvalue weighted by Crippen LogP contribution is 1.97. The maximum atomic E-state index is 10.5. The van der Waals surface area contributed by atoms with Gasteiger partial charge in [-0.1, -0.05) is 19.1 Å². The van der Waals surface area contributed by atoms with E-state index in [1.807, 2.05) is 0 Å². The van der Waals surface area contributed by atoms with Crippen molar-refractivity contribution in [3.8, 4) is 0 Å². The molecule has 0 aliphatic rings. The average molecular weight is 140 g/mol. The minimum atomic E-state index is 0.296. The Morgan fingerprint density at radius 3 is 2.60 bits per heavy atom. The third-order valence-electron chi connectivity index (χ3n) is 1.30. The van der Waals surface area contributed by atoms with Crippen molar-refractivity contribution < 1.29 is 4.79 Å². The highest BCUT2D eigenvalue weighted by atomic mass is 16.1. The number of rotatable bonds is 5. The lowest BCUT2D eigenvalue weighted by atomic mass is 10.2. The predicted octanol–water partition coefficient (Wildman–Crippen LogP) is 2.71. The molecule has 0 unspecified atom stereocenters. The van der Waals surface area contributed by atoms with Gasteiger partial charge in [0.1, 0.15) is 5.78 Å². The Morgan fingerprint density at radius 1 is 1.40 bits per heavy atom. The number of carbonyl (C=O) groups is 1. The van der Waals surface area contributed by atoms with Gasteiger partial charge in [0.25, 0.3) is 0 Å². The third-order valence-corrected chi connectivity index (χ3v) is 1.30. The Bertz CT molecular complexity index is 114. The molecule has 0 N–H and O–H groups in total. The first-order chi connectivity index (χ1) is 4.77. The van der Waals surface area contributed by atoms with Gasteiger partial charge in [-0.2, -0.15) is 0 Å². The molecule has 0 rings (SSSR count). The zero-order valence-electron chi connectivity index (χ0n) is 6.89. The van der Waals surface area contributed by atoms with Gasteiger partial charge in [-0.15, -0.1) is 0 Å². The van der Waals surface area contributed by atoms with Crippen LogP contribution in [-0.2, 0) is 4.79 Å². The van der Waals surface area contributed by atoms with Crippen LogP contribution in [0.1, 0.15) is 39.5 Å². The fourth-order valence-electron chi connectivity index (χ4n) is 0.753. The summed E-state index contributed by atoms with van der Waals surface area (Å²) in [5.74, 6) is 0.296. The summed E-state index contributed by atoms with van der Waals surface area (Å²) < 4.78 is 0. The summed E-state index contributed by atoms with van der Waals surface area (Å²) in [7, 11) is 0. The summed E-state index contributed by atoms with van der Waals surface area (Å²) >= 11 is 0. The highest BCUT2D eigenvalue weighted by Gasteiger charge is 1.89. The number of ketones is 1. The van der Waals surface area contributed by atoms with Crippen LogP contribution in [0.2, 0.25) is 0 Å². The van der Waals surface area contributed by atoms with Crippen LogP contribution in [0.5, 0.6) is 0 Å². The molecule has 0 fully saturated rings. The Balaban J connectivity index is 3.05. The van der Waals surface area contributed by atoms with Crippen LogP contribution >= 0.6 is 0 Å². The van der Waals surface area contributed by atoms with E-state index in [1.54, 1.807) is 6.92 Å². The first-order valence-corrected chi connectivity index (χ1v) is 3.91. The van der Waals surface area contributed by atoms with Gasteiger partial charge in [0.05, 0.1) is 0 Å². The molecule has 0 saturated carbocycles. The molecule has 1 nitrogen and oxygen atoms in total. The van der Waals surface area contributed by atoms with Crippen LogP contribution in [0, 0.1) is 0 Å². The molecule has 0 saturated heterocycles. The van der Waals surface area contributed by atoms with Crippen molar-refractivity contribution in [1.82, 2.24) is 0 Å². The van der Waals surface area contributed by atoms with Crippen molar-refractivity contribution in [3.05, 3.63) is 12.2 Å². The SMILES string of the molecule is CCC=CCCCC(C)=O. The van der Waals surface area contributed by atoms with Gasteiger partial charge in [0, 0.05) is 6.42 Å². The molecule has 0 spiro atoms. The molecule has 0 heterocycles. The third kappa shape index (κ3) is 7.41. The number of hydrogen-bond acceptors (Lipinski definition) is 1. The lowest BCUT2D eigenvalue weighted by Crippen LogP contribution is -1.87. The highest BCUT2D eigenvalue weighted by molar-refractivity contribution is 5.75. The fourth-order valence-corrected chi connectivity index (χ4v) is 0.753. The Kier molecular flexibility index (Phi) is 6.14. The molecule has 58 valence electrons. The molecule has 0 aromatic heterocycles. The molecular weight excluding hydrogens is 124 g/mol. The van der Waals surface area contributed by atoms with Gasteiger partial charge >= 0.3 is 0 Å². The van der Waals surface area contributed by atoms with Crippen LogP contribution < -0.4 is 0 Å². The summed E-state index contributed by atoms with van der Waals surface area (Å²) in [5, 5.41) is 0. The van der Waals surface area contributed by atoms with E-state index in [1.165, 1.54) is 0 Å². The quantitative estimate of drug-likeness (QED) is 0.424. The van der Waals surface area contributed by atoms with Crippen LogP contribution in [0.3, 0.4) is 0 Å². The van der Waals surface area contributed by atoms with E-state index >= 15 is 0 Å². The molecule has 0 aromatic rings. The van der Waals surface area contributed by atoms with Gasteiger partial charge < -0.3 is 4.79 Å². The lowest BCUT2D eigenvalue weighted by Gasteiger charge is -1.89. The summed E-state index contributed by atoms with van der Waals surface area (Å²) in [5.41, 5.74) is 0. The Labute approximate surface area is 63.1 Å². The normalized spacial score (nSPS) is 10.6. The van der Waals surface area contributed by atoms with Gasteiger partial charge in [0.2, 0.25) is 0 Å². The van der Waals surface area contributed by atoms with E-state index < -0.39 is 0 Å². The number of allylic oxidation sites excluding steroid dienone is 2. The van der Waals surface area contributed by atoms with Crippen molar-refractivity contribution >= 4 is 5.78 Å². The molecule has 0 atom stereocenters. The van der Waals surface area contributed by atoms with E-state index in [2.05, 4.69) is 19.1 Å². The second-order valence-corrected chi connectivity index (χ2v) is 2.47. The van der Waals surface area contributed by atoms with Crippen molar-refractivity contribution in [2.24, 2.45) is 0 Å². The summed E-state index contributed by atoms with van der Waals surface area (Å²) in [6, 6.07) is 0. The molecule has 0 radical (unpaired) electrons. The first kappa shape index (κ1) is 9.41. The average Bonchev–Trinajstić information content (AvgIpc) is 1.87. The van der Waals surface area contributed by atoms with Gasteiger partial charge in [-0.3, -0.25) is 0 Å². The van der Waals surface area contributed by atoms with Gasteiger partial charge in [-0.25, -0.2) is 0 Å². The zero-order valence-corrected chi connectivity index (χ0v) is 6.89. The number of Topliss-reactive ketones (excluding diaryl/α,β-unsaturated/α-hetero) is 1. The predicted molar refractivity (Wildman–Crippen MR) is 44.0 cm³/mol. The molecule has 0 aromatic carbocycles. The van der Waals surface area contributed by atoms with E-state index in [0.717, 1.165) is 25.7 Å². The maximum Gasteiger partial charge on any atom is 0.129 e. The molecule has 0 amide bonds. The standard InChI is InChI=1S/C9H16O/c1-3-4-5-6-7-8-9(2)10/h4-5H,3,6-8H2,1-2H3. The second-order valence-electron chi connectivity index (χ2n) is 2.47. The van der Waals surface area contributed by atoms with Crippen molar-refractivity contribution in [2.45, 2.75) is 39.5 Å². The summed E-state index contributed by atoms with van der Waals surface area (Å²) in [6.45, 7) is 3.75. The minimum absolute atomic E-state index is 0.296. The molecule has 1 heteroatoms. The first-order valence-electron chi connectivity index (χ1n) is 3.91. The monoisotopic (exact) mass is 140 g/mol. The summed E-state index contributed by atoms with van der Waals surface area (Å²) in [4.78, 5) is 10.5. The van der Waals surface area contributed by atoms with E-state index in [4.69, 9.17) is 0 Å². The molecule has 0 bridgehead atoms. The van der Waals surface area contributed by atoms with Crippen LogP contribution in [0.15, 0.2) is 12.2 Å². The van der Waals surface area contributed by atoms with Gasteiger partial charge in [0.15, 0.2) is 0 Å². The zero-order chi connectivity index (χ0) is 7.82. The fraction of sp³-hybridized carbons (Fsp3) is 0.667. The van der Waals surface area contributed by atoms with Crippen molar-refractivity contribution in [1.29, 1.82) is 0 Å².